The Morgan fingerprint density at radius 2 is 2.20 bits per heavy atom. The van der Waals surface area contributed by atoms with Crippen LogP contribution < -0.4 is 10.6 Å². The van der Waals surface area contributed by atoms with Gasteiger partial charge < -0.3 is 10.6 Å². The molecule has 1 aromatic rings. The quantitative estimate of drug-likeness (QED) is 0.817. The molecule has 1 unspecified atom stereocenters. The van der Waals surface area contributed by atoms with Gasteiger partial charge in [-0.2, -0.15) is 0 Å². The Labute approximate surface area is 92.1 Å². The number of hydrogen-bond donors (Lipinski definition) is 1. The van der Waals surface area contributed by atoms with Crippen molar-refractivity contribution in [3.05, 3.63) is 29.3 Å². The van der Waals surface area contributed by atoms with E-state index in [4.69, 9.17) is 5.73 Å². The van der Waals surface area contributed by atoms with Gasteiger partial charge in [-0.25, -0.2) is 0 Å². The molecule has 0 aliphatic heterocycles. The molecule has 0 fully saturated rings. The summed E-state index contributed by atoms with van der Waals surface area (Å²) in [5.74, 6) is 0.699. The SMILES string of the molecule is CN(C)c1ccc2c(c1)C(CCN)CC2. The van der Waals surface area contributed by atoms with E-state index in [-0.39, 0.29) is 0 Å². The van der Waals surface area contributed by atoms with Crippen molar-refractivity contribution in [2.24, 2.45) is 5.73 Å². The second kappa shape index (κ2) is 4.23. The third-order valence-corrected chi connectivity index (χ3v) is 3.36. The molecule has 2 nitrogen and oxygen atoms in total. The summed E-state index contributed by atoms with van der Waals surface area (Å²) in [5.41, 5.74) is 10.0. The van der Waals surface area contributed by atoms with Crippen LogP contribution in [0.2, 0.25) is 0 Å². The molecule has 0 aromatic heterocycles. The zero-order chi connectivity index (χ0) is 10.8. The number of rotatable bonds is 3. The summed E-state index contributed by atoms with van der Waals surface area (Å²) < 4.78 is 0. The Balaban J connectivity index is 2.29. The number of nitrogens with zero attached hydrogens (tertiary/aromatic N) is 1. The average molecular weight is 204 g/mol. The lowest BCUT2D eigenvalue weighted by Crippen LogP contribution is -2.10. The van der Waals surface area contributed by atoms with Crippen LogP contribution in [0.4, 0.5) is 5.69 Å². The van der Waals surface area contributed by atoms with E-state index >= 15 is 0 Å². The molecule has 0 amide bonds. The third-order valence-electron chi connectivity index (χ3n) is 3.36. The Morgan fingerprint density at radius 1 is 1.40 bits per heavy atom. The maximum Gasteiger partial charge on any atom is 0.0364 e. The van der Waals surface area contributed by atoms with Gasteiger partial charge in [-0.05, 0) is 55.0 Å². The zero-order valence-electron chi connectivity index (χ0n) is 9.66. The average Bonchev–Trinajstić information content (AvgIpc) is 2.61. The fourth-order valence-corrected chi connectivity index (χ4v) is 2.45. The smallest absolute Gasteiger partial charge is 0.0364 e. The predicted molar refractivity (Wildman–Crippen MR) is 65.5 cm³/mol. The van der Waals surface area contributed by atoms with Gasteiger partial charge in [0.15, 0.2) is 0 Å². The molecule has 0 saturated heterocycles. The number of nitrogens with two attached hydrogens (primary N) is 1. The number of fused-ring (bicyclic) bond motifs is 1. The van der Waals surface area contributed by atoms with Crippen LogP contribution in [0.3, 0.4) is 0 Å². The van der Waals surface area contributed by atoms with Gasteiger partial charge in [-0.15, -0.1) is 0 Å². The third kappa shape index (κ3) is 2.00. The van der Waals surface area contributed by atoms with Gasteiger partial charge in [-0.1, -0.05) is 6.07 Å². The molecule has 0 spiro atoms. The van der Waals surface area contributed by atoms with Gasteiger partial charge in [0.05, 0.1) is 0 Å². The predicted octanol–water partition coefficient (Wildman–Crippen LogP) is 2.13. The molecule has 1 aromatic carbocycles. The Hall–Kier alpha value is -1.02. The lowest BCUT2D eigenvalue weighted by atomic mass is 9.97. The highest BCUT2D eigenvalue weighted by atomic mass is 15.1. The van der Waals surface area contributed by atoms with Crippen LogP contribution in [0.5, 0.6) is 0 Å². The minimum absolute atomic E-state index is 0.699. The minimum Gasteiger partial charge on any atom is -0.378 e. The van der Waals surface area contributed by atoms with E-state index in [2.05, 4.69) is 37.2 Å². The van der Waals surface area contributed by atoms with Crippen LogP contribution in [0, 0.1) is 0 Å². The summed E-state index contributed by atoms with van der Waals surface area (Å²) in [4.78, 5) is 2.16. The summed E-state index contributed by atoms with van der Waals surface area (Å²) >= 11 is 0. The topological polar surface area (TPSA) is 29.3 Å². The number of hydrogen-bond acceptors (Lipinski definition) is 2. The highest BCUT2D eigenvalue weighted by Gasteiger charge is 2.21. The summed E-state index contributed by atoms with van der Waals surface area (Å²) in [5, 5.41) is 0. The van der Waals surface area contributed by atoms with E-state index < -0.39 is 0 Å². The number of aryl methyl sites for hydroxylation is 1. The fourth-order valence-electron chi connectivity index (χ4n) is 2.45. The van der Waals surface area contributed by atoms with Crippen LogP contribution in [0.1, 0.15) is 29.9 Å². The molecule has 15 heavy (non-hydrogen) atoms. The van der Waals surface area contributed by atoms with Crippen molar-refractivity contribution >= 4 is 5.69 Å². The first-order valence-corrected chi connectivity index (χ1v) is 5.72. The van der Waals surface area contributed by atoms with Crippen molar-refractivity contribution in [3.63, 3.8) is 0 Å². The van der Waals surface area contributed by atoms with Crippen LogP contribution in [-0.2, 0) is 6.42 Å². The molecule has 1 aliphatic rings. The maximum atomic E-state index is 5.65. The van der Waals surface area contributed by atoms with E-state index in [1.54, 1.807) is 0 Å². The maximum absolute atomic E-state index is 5.65. The second-order valence-electron chi connectivity index (χ2n) is 4.59. The summed E-state index contributed by atoms with van der Waals surface area (Å²) in [6, 6.07) is 6.83. The molecule has 82 valence electrons. The van der Waals surface area contributed by atoms with Gasteiger partial charge in [0, 0.05) is 19.8 Å². The van der Waals surface area contributed by atoms with Gasteiger partial charge in [0.2, 0.25) is 0 Å². The van der Waals surface area contributed by atoms with Crippen molar-refractivity contribution in [3.8, 4) is 0 Å². The molecule has 2 rings (SSSR count). The first kappa shape index (κ1) is 10.5. The summed E-state index contributed by atoms with van der Waals surface area (Å²) in [6.45, 7) is 0.802. The summed E-state index contributed by atoms with van der Waals surface area (Å²) in [7, 11) is 4.18. The van der Waals surface area contributed by atoms with E-state index in [9.17, 15) is 0 Å². The normalized spacial score (nSPS) is 19.0. The monoisotopic (exact) mass is 204 g/mol. The molecule has 2 heteroatoms. The Morgan fingerprint density at radius 3 is 2.87 bits per heavy atom. The van der Waals surface area contributed by atoms with E-state index in [0.29, 0.717) is 5.92 Å². The van der Waals surface area contributed by atoms with E-state index in [0.717, 1.165) is 13.0 Å². The van der Waals surface area contributed by atoms with Crippen molar-refractivity contribution in [2.75, 3.05) is 25.5 Å². The van der Waals surface area contributed by atoms with Crippen LogP contribution in [0.15, 0.2) is 18.2 Å². The van der Waals surface area contributed by atoms with E-state index in [1.165, 1.54) is 29.7 Å². The van der Waals surface area contributed by atoms with Gasteiger partial charge >= 0.3 is 0 Å². The highest BCUT2D eigenvalue weighted by Crippen LogP contribution is 2.36. The molecule has 2 N–H and O–H groups in total. The molecule has 1 atom stereocenters. The van der Waals surface area contributed by atoms with E-state index in [1.807, 2.05) is 0 Å². The van der Waals surface area contributed by atoms with Crippen LogP contribution >= 0.6 is 0 Å². The standard InChI is InChI=1S/C13H20N2/c1-15(2)12-6-5-10-3-4-11(7-8-14)13(10)9-12/h5-6,9,11H,3-4,7-8,14H2,1-2H3. The van der Waals surface area contributed by atoms with Gasteiger partial charge in [-0.3, -0.25) is 0 Å². The first-order chi connectivity index (χ1) is 7.22. The zero-order valence-corrected chi connectivity index (χ0v) is 9.66. The molecular weight excluding hydrogens is 184 g/mol. The molecule has 0 radical (unpaired) electrons. The highest BCUT2D eigenvalue weighted by molar-refractivity contribution is 5.52. The second-order valence-corrected chi connectivity index (χ2v) is 4.59. The van der Waals surface area contributed by atoms with Crippen LogP contribution in [-0.4, -0.2) is 20.6 Å². The van der Waals surface area contributed by atoms with Crippen molar-refractivity contribution < 1.29 is 0 Å². The number of anilines is 1. The largest absolute Gasteiger partial charge is 0.378 e. The molecule has 0 saturated carbocycles. The van der Waals surface area contributed by atoms with Crippen molar-refractivity contribution in [1.82, 2.24) is 0 Å². The fraction of sp³-hybridized carbons (Fsp3) is 0.538. The lowest BCUT2D eigenvalue weighted by molar-refractivity contribution is 0.627. The molecule has 0 bridgehead atoms. The van der Waals surface area contributed by atoms with Gasteiger partial charge in [0.1, 0.15) is 0 Å². The van der Waals surface area contributed by atoms with Crippen LogP contribution in [0.25, 0.3) is 0 Å². The lowest BCUT2D eigenvalue weighted by Gasteiger charge is -2.16. The minimum atomic E-state index is 0.699. The first-order valence-electron chi connectivity index (χ1n) is 5.72. The molecule has 1 aliphatic carbocycles. The number of benzene rings is 1. The molecule has 0 heterocycles. The van der Waals surface area contributed by atoms with Crippen molar-refractivity contribution in [2.45, 2.75) is 25.2 Å². The Kier molecular flexibility index (Phi) is 2.96. The summed E-state index contributed by atoms with van der Waals surface area (Å²) in [6.07, 6.45) is 3.64. The Bertz CT molecular complexity index is 342. The van der Waals surface area contributed by atoms with Crippen molar-refractivity contribution in [1.29, 1.82) is 0 Å². The molecular formula is C13H20N2. The van der Waals surface area contributed by atoms with Gasteiger partial charge in [0.25, 0.3) is 0 Å².